The molecule has 32 heavy (non-hydrogen) atoms. The van der Waals surface area contributed by atoms with Crippen molar-refractivity contribution in [1.29, 1.82) is 0 Å². The molecule has 1 aromatic rings. The molecule has 2 saturated heterocycles. The van der Waals surface area contributed by atoms with E-state index < -0.39 is 6.04 Å². The van der Waals surface area contributed by atoms with Crippen LogP contribution < -0.4 is 20.1 Å². The number of likely N-dealkylation sites (tertiary alicyclic amines) is 1. The number of carbonyl (C=O) groups is 2. The number of amides is 2. The maximum absolute atomic E-state index is 12.7. The number of hydrogen-bond donors (Lipinski definition) is 3. The second-order valence-corrected chi connectivity index (χ2v) is 8.48. The molecule has 0 spiro atoms. The van der Waals surface area contributed by atoms with Gasteiger partial charge in [0.05, 0.1) is 33.3 Å². The third kappa shape index (κ3) is 6.57. The van der Waals surface area contributed by atoms with Gasteiger partial charge in [-0.15, -0.1) is 0 Å². The Hall–Kier alpha value is -2.36. The predicted molar refractivity (Wildman–Crippen MR) is 121 cm³/mol. The summed E-state index contributed by atoms with van der Waals surface area (Å²) in [6.07, 6.45) is 2.16. The highest BCUT2D eigenvalue weighted by Crippen LogP contribution is 2.28. The van der Waals surface area contributed by atoms with Crippen LogP contribution in [0.3, 0.4) is 0 Å². The van der Waals surface area contributed by atoms with Gasteiger partial charge in [-0.3, -0.25) is 14.5 Å². The van der Waals surface area contributed by atoms with E-state index in [-0.39, 0.29) is 24.8 Å². The van der Waals surface area contributed by atoms with Crippen molar-refractivity contribution in [2.75, 3.05) is 60.1 Å². The molecule has 0 saturated carbocycles. The molecule has 2 fully saturated rings. The summed E-state index contributed by atoms with van der Waals surface area (Å²) in [4.78, 5) is 29.5. The fourth-order valence-electron chi connectivity index (χ4n) is 4.45. The van der Waals surface area contributed by atoms with Crippen LogP contribution in [0.5, 0.6) is 11.5 Å². The fourth-order valence-corrected chi connectivity index (χ4v) is 4.45. The highest BCUT2D eigenvalue weighted by molar-refractivity contribution is 5.88. The molecule has 0 aliphatic carbocycles. The molecule has 1 unspecified atom stereocenters. The van der Waals surface area contributed by atoms with E-state index in [1.54, 1.807) is 14.2 Å². The van der Waals surface area contributed by atoms with Gasteiger partial charge < -0.3 is 30.1 Å². The van der Waals surface area contributed by atoms with Crippen LogP contribution in [0.15, 0.2) is 18.2 Å². The van der Waals surface area contributed by atoms with Crippen molar-refractivity contribution in [3.63, 3.8) is 0 Å². The molecule has 178 valence electrons. The van der Waals surface area contributed by atoms with Crippen molar-refractivity contribution < 1.29 is 24.2 Å². The summed E-state index contributed by atoms with van der Waals surface area (Å²) >= 11 is 0. The third-order valence-electron chi connectivity index (χ3n) is 6.37. The smallest absolute Gasteiger partial charge is 0.237 e. The van der Waals surface area contributed by atoms with Gasteiger partial charge in [0.15, 0.2) is 11.5 Å². The molecule has 0 bridgehead atoms. The molecule has 2 aliphatic heterocycles. The van der Waals surface area contributed by atoms with Gasteiger partial charge in [0, 0.05) is 32.7 Å². The van der Waals surface area contributed by atoms with Gasteiger partial charge in [0.1, 0.15) is 0 Å². The Morgan fingerprint density at radius 1 is 1.19 bits per heavy atom. The zero-order chi connectivity index (χ0) is 22.9. The zero-order valence-corrected chi connectivity index (χ0v) is 19.1. The normalized spacial score (nSPS) is 20.6. The van der Waals surface area contributed by atoms with Crippen LogP contribution in [-0.2, 0) is 16.1 Å². The number of β-amino-alcohol motifs (C(OH)–C–C–N with tert-alkyl or cyclic N) is 1. The summed E-state index contributed by atoms with van der Waals surface area (Å²) in [5.41, 5.74) is 0.998. The van der Waals surface area contributed by atoms with E-state index in [4.69, 9.17) is 14.6 Å². The van der Waals surface area contributed by atoms with E-state index in [0.29, 0.717) is 50.1 Å². The summed E-state index contributed by atoms with van der Waals surface area (Å²) in [7, 11) is 3.19. The molecule has 2 aliphatic rings. The number of carbonyl (C=O) groups excluding carboxylic acids is 2. The summed E-state index contributed by atoms with van der Waals surface area (Å²) in [5, 5.41) is 15.0. The van der Waals surface area contributed by atoms with Gasteiger partial charge in [-0.25, -0.2) is 0 Å². The highest BCUT2D eigenvalue weighted by Gasteiger charge is 2.32. The number of piperidine rings is 1. The minimum Gasteiger partial charge on any atom is -0.493 e. The lowest BCUT2D eigenvalue weighted by atomic mass is 9.96. The predicted octanol–water partition coefficient (Wildman–Crippen LogP) is 0.215. The maximum Gasteiger partial charge on any atom is 0.237 e. The van der Waals surface area contributed by atoms with Crippen molar-refractivity contribution in [2.24, 2.45) is 5.92 Å². The van der Waals surface area contributed by atoms with E-state index in [1.807, 2.05) is 23.1 Å². The first kappa shape index (κ1) is 24.3. The van der Waals surface area contributed by atoms with Crippen LogP contribution in [0.25, 0.3) is 0 Å². The van der Waals surface area contributed by atoms with Crippen LogP contribution in [0, 0.1) is 5.92 Å². The number of ether oxygens (including phenoxy) is 2. The number of rotatable bonds is 10. The minimum atomic E-state index is -0.497. The first-order chi connectivity index (χ1) is 15.5. The van der Waals surface area contributed by atoms with E-state index >= 15 is 0 Å². The maximum atomic E-state index is 12.7. The summed E-state index contributed by atoms with van der Waals surface area (Å²) in [5.74, 6) is 1.54. The van der Waals surface area contributed by atoms with E-state index in [9.17, 15) is 9.59 Å². The number of aliphatic hydroxyl groups is 1. The second kappa shape index (κ2) is 12.0. The number of hydrogen-bond acceptors (Lipinski definition) is 7. The first-order valence-electron chi connectivity index (χ1n) is 11.4. The second-order valence-electron chi connectivity index (χ2n) is 8.48. The number of nitrogens with zero attached hydrogens (tertiary/aromatic N) is 2. The van der Waals surface area contributed by atoms with Gasteiger partial charge in [0.2, 0.25) is 11.8 Å². The first-order valence-corrected chi connectivity index (χ1v) is 11.4. The van der Waals surface area contributed by atoms with Crippen LogP contribution in [0.2, 0.25) is 0 Å². The van der Waals surface area contributed by atoms with Crippen LogP contribution >= 0.6 is 0 Å². The lowest BCUT2D eigenvalue weighted by Crippen LogP contribution is -2.56. The molecular formula is C23H36N4O5. The van der Waals surface area contributed by atoms with E-state index in [0.717, 1.165) is 31.5 Å². The van der Waals surface area contributed by atoms with Crippen molar-refractivity contribution >= 4 is 11.8 Å². The zero-order valence-electron chi connectivity index (χ0n) is 19.1. The summed E-state index contributed by atoms with van der Waals surface area (Å²) < 4.78 is 10.7. The number of aliphatic hydroxyl groups excluding tert-OH is 1. The Labute approximate surface area is 190 Å². The van der Waals surface area contributed by atoms with Crippen LogP contribution in [-0.4, -0.2) is 92.9 Å². The number of benzene rings is 1. The molecule has 3 N–H and O–H groups in total. The van der Waals surface area contributed by atoms with Gasteiger partial charge in [-0.1, -0.05) is 6.07 Å². The van der Waals surface area contributed by atoms with Crippen molar-refractivity contribution in [3.8, 4) is 11.5 Å². The molecule has 1 atom stereocenters. The topological polar surface area (TPSA) is 103 Å². The minimum absolute atomic E-state index is 0.0952. The molecular weight excluding hydrogens is 412 g/mol. The van der Waals surface area contributed by atoms with E-state index in [2.05, 4.69) is 15.5 Å². The van der Waals surface area contributed by atoms with Gasteiger partial charge in [-0.05, 0) is 49.5 Å². The average Bonchev–Trinajstić information content (AvgIpc) is 2.81. The molecule has 0 radical (unpaired) electrons. The van der Waals surface area contributed by atoms with Crippen molar-refractivity contribution in [1.82, 2.24) is 20.4 Å². The highest BCUT2D eigenvalue weighted by atomic mass is 16.5. The number of methoxy groups -OCH3 is 2. The molecule has 9 nitrogen and oxygen atoms in total. The van der Waals surface area contributed by atoms with Crippen molar-refractivity contribution in [2.45, 2.75) is 31.8 Å². The Morgan fingerprint density at radius 3 is 2.62 bits per heavy atom. The Bertz CT molecular complexity index is 767. The molecule has 9 heteroatoms. The monoisotopic (exact) mass is 448 g/mol. The largest absolute Gasteiger partial charge is 0.493 e. The molecule has 0 aromatic heterocycles. The summed E-state index contributed by atoms with van der Waals surface area (Å²) in [6.45, 7) is 5.23. The van der Waals surface area contributed by atoms with Gasteiger partial charge in [-0.2, -0.15) is 0 Å². The van der Waals surface area contributed by atoms with Crippen molar-refractivity contribution in [3.05, 3.63) is 23.8 Å². The Kier molecular flexibility index (Phi) is 9.13. The van der Waals surface area contributed by atoms with Gasteiger partial charge in [0.25, 0.3) is 0 Å². The Balaban J connectivity index is 1.53. The SMILES string of the molecule is COc1ccc(CN2CCNC(=O)C2CC(=O)NCC2CCN(CCO)CC2)cc1OC. The molecule has 2 heterocycles. The van der Waals surface area contributed by atoms with Crippen LogP contribution in [0.4, 0.5) is 0 Å². The van der Waals surface area contributed by atoms with Crippen LogP contribution in [0.1, 0.15) is 24.8 Å². The number of piperazine rings is 1. The molecule has 1 aromatic carbocycles. The third-order valence-corrected chi connectivity index (χ3v) is 6.37. The Morgan fingerprint density at radius 2 is 1.94 bits per heavy atom. The lowest BCUT2D eigenvalue weighted by Gasteiger charge is -2.35. The molecule has 2 amide bonds. The van der Waals surface area contributed by atoms with E-state index in [1.165, 1.54) is 0 Å². The standard InChI is InChI=1S/C23H36N4O5/c1-31-20-4-3-18(13-21(20)32-2)16-27-10-7-24-23(30)19(27)14-22(29)25-15-17-5-8-26(9-6-17)11-12-28/h3-4,13,17,19,28H,5-12,14-16H2,1-2H3,(H,24,30)(H,25,29). The quantitative estimate of drug-likeness (QED) is 0.470. The number of nitrogens with one attached hydrogen (secondary N) is 2. The lowest BCUT2D eigenvalue weighted by molar-refractivity contribution is -0.134. The average molecular weight is 449 g/mol. The fraction of sp³-hybridized carbons (Fsp3) is 0.652. The van der Waals surface area contributed by atoms with Gasteiger partial charge >= 0.3 is 0 Å². The summed E-state index contributed by atoms with van der Waals surface area (Å²) in [6, 6.07) is 5.22. The molecule has 3 rings (SSSR count).